The molecule has 0 saturated heterocycles. The van der Waals surface area contributed by atoms with Crippen molar-refractivity contribution in [3.8, 4) is 0 Å². The van der Waals surface area contributed by atoms with Crippen LogP contribution in [0.5, 0.6) is 0 Å². The van der Waals surface area contributed by atoms with Gasteiger partial charge in [0.2, 0.25) is 5.91 Å². The van der Waals surface area contributed by atoms with E-state index in [0.29, 0.717) is 18.0 Å². The van der Waals surface area contributed by atoms with Crippen molar-refractivity contribution in [3.05, 3.63) is 27.3 Å². The van der Waals surface area contributed by atoms with Gasteiger partial charge in [0.1, 0.15) is 0 Å². The number of nitrogens with one attached hydrogen (secondary N) is 1. The average Bonchev–Trinajstić information content (AvgIpc) is 2.69. The summed E-state index contributed by atoms with van der Waals surface area (Å²) in [7, 11) is 0. The number of aromatic carboxylic acids is 1. The number of anilines is 1. The number of amides is 1. The van der Waals surface area contributed by atoms with E-state index >= 15 is 0 Å². The summed E-state index contributed by atoms with van der Waals surface area (Å²) in [4.78, 5) is 23.4. The second-order valence-corrected chi connectivity index (χ2v) is 6.85. The Morgan fingerprint density at radius 3 is 2.48 bits per heavy atom. The third-order valence-corrected chi connectivity index (χ3v) is 4.61. The Bertz CT molecular complexity index is 522. The fraction of sp³-hybridized carbons (Fsp3) is 0.500. The third kappa shape index (κ3) is 4.98. The molecule has 0 aromatic heterocycles. The van der Waals surface area contributed by atoms with Gasteiger partial charge in [0, 0.05) is 9.99 Å². The van der Waals surface area contributed by atoms with E-state index in [2.05, 4.69) is 27.9 Å². The van der Waals surface area contributed by atoms with E-state index in [-0.39, 0.29) is 11.5 Å². The van der Waals surface area contributed by atoms with E-state index in [9.17, 15) is 14.7 Å². The number of hydrogen-bond acceptors (Lipinski definition) is 2. The minimum Gasteiger partial charge on any atom is -0.478 e. The van der Waals surface area contributed by atoms with Gasteiger partial charge < -0.3 is 10.4 Å². The number of carboxylic acid groups (broad SMARTS) is 1. The summed E-state index contributed by atoms with van der Waals surface area (Å²) in [6.45, 7) is 0. The van der Waals surface area contributed by atoms with E-state index in [0.717, 1.165) is 16.4 Å². The van der Waals surface area contributed by atoms with Crippen LogP contribution in [-0.2, 0) is 4.79 Å². The molecule has 0 unspecified atom stereocenters. The van der Waals surface area contributed by atoms with Crippen LogP contribution in [0.25, 0.3) is 0 Å². The number of rotatable bonds is 4. The molecule has 0 atom stereocenters. The van der Waals surface area contributed by atoms with Crippen LogP contribution < -0.4 is 5.32 Å². The Kier molecular flexibility index (Phi) is 6.02. The van der Waals surface area contributed by atoms with Crippen LogP contribution in [0.4, 0.5) is 5.69 Å². The molecule has 114 valence electrons. The second kappa shape index (κ2) is 7.77. The highest BCUT2D eigenvalue weighted by Gasteiger charge is 2.18. The number of halogens is 1. The van der Waals surface area contributed by atoms with Crippen molar-refractivity contribution in [1.29, 1.82) is 0 Å². The van der Waals surface area contributed by atoms with Gasteiger partial charge in [-0.25, -0.2) is 4.79 Å². The molecule has 0 bridgehead atoms. The molecule has 2 N–H and O–H groups in total. The van der Waals surface area contributed by atoms with Crippen LogP contribution in [-0.4, -0.2) is 17.0 Å². The predicted octanol–water partition coefficient (Wildman–Crippen LogP) is 4.29. The van der Waals surface area contributed by atoms with Gasteiger partial charge in [0.25, 0.3) is 0 Å². The summed E-state index contributed by atoms with van der Waals surface area (Å²) in [5, 5.41) is 12.0. The molecular formula is C16H20INO3. The normalized spacial score (nSPS) is 16.2. The lowest BCUT2D eigenvalue weighted by Gasteiger charge is -2.14. The Morgan fingerprint density at radius 2 is 1.86 bits per heavy atom. The fourth-order valence-corrected chi connectivity index (χ4v) is 3.33. The van der Waals surface area contributed by atoms with E-state index < -0.39 is 5.97 Å². The molecule has 0 heterocycles. The Hall–Kier alpha value is -1.11. The summed E-state index contributed by atoms with van der Waals surface area (Å²) in [5.74, 6) is -0.659. The van der Waals surface area contributed by atoms with Crippen molar-refractivity contribution in [1.82, 2.24) is 0 Å². The topological polar surface area (TPSA) is 66.4 Å². The van der Waals surface area contributed by atoms with Gasteiger partial charge in [-0.1, -0.05) is 25.7 Å². The summed E-state index contributed by atoms with van der Waals surface area (Å²) in [5.41, 5.74) is 0.539. The summed E-state index contributed by atoms with van der Waals surface area (Å²) >= 11 is 2.06. The molecule has 1 aromatic rings. The zero-order chi connectivity index (χ0) is 15.2. The molecular weight excluding hydrogens is 381 g/mol. The lowest BCUT2D eigenvalue weighted by atomic mass is 9.96. The molecule has 5 heteroatoms. The molecule has 1 fully saturated rings. The van der Waals surface area contributed by atoms with E-state index in [1.807, 2.05) is 0 Å². The molecule has 2 rings (SSSR count). The van der Waals surface area contributed by atoms with Gasteiger partial charge in [-0.3, -0.25) is 4.79 Å². The molecule has 1 aliphatic rings. The van der Waals surface area contributed by atoms with Crippen molar-refractivity contribution >= 4 is 40.2 Å². The van der Waals surface area contributed by atoms with E-state index in [4.69, 9.17) is 0 Å². The number of carbonyl (C=O) groups is 2. The lowest BCUT2D eigenvalue weighted by molar-refractivity contribution is -0.117. The van der Waals surface area contributed by atoms with Crippen LogP contribution in [0.3, 0.4) is 0 Å². The average molecular weight is 401 g/mol. The van der Waals surface area contributed by atoms with Crippen molar-refractivity contribution in [2.45, 2.75) is 44.9 Å². The molecule has 1 saturated carbocycles. The molecule has 21 heavy (non-hydrogen) atoms. The Balaban J connectivity index is 2.00. The van der Waals surface area contributed by atoms with Gasteiger partial charge in [-0.15, -0.1) is 0 Å². The largest absolute Gasteiger partial charge is 0.478 e. The highest BCUT2D eigenvalue weighted by Crippen LogP contribution is 2.26. The first-order valence-corrected chi connectivity index (χ1v) is 8.47. The first-order valence-electron chi connectivity index (χ1n) is 7.39. The molecule has 0 radical (unpaired) electrons. The minimum absolute atomic E-state index is 0.0781. The summed E-state index contributed by atoms with van der Waals surface area (Å²) in [6.07, 6.45) is 7.61. The third-order valence-electron chi connectivity index (χ3n) is 3.93. The van der Waals surface area contributed by atoms with E-state index in [1.54, 1.807) is 18.2 Å². The number of benzene rings is 1. The number of carbonyl (C=O) groups excluding carboxylic acids is 1. The van der Waals surface area contributed by atoms with Crippen molar-refractivity contribution in [2.24, 2.45) is 5.92 Å². The van der Waals surface area contributed by atoms with Crippen LogP contribution in [0, 0.1) is 9.49 Å². The summed E-state index contributed by atoms with van der Waals surface area (Å²) < 4.78 is 0.840. The highest BCUT2D eigenvalue weighted by molar-refractivity contribution is 14.1. The van der Waals surface area contributed by atoms with Crippen LogP contribution in [0.1, 0.15) is 55.3 Å². The molecule has 1 aliphatic carbocycles. The maximum atomic E-state index is 12.1. The van der Waals surface area contributed by atoms with Gasteiger partial charge in [0.05, 0.1) is 11.3 Å². The predicted molar refractivity (Wildman–Crippen MR) is 90.6 cm³/mol. The quantitative estimate of drug-likeness (QED) is 0.585. The maximum Gasteiger partial charge on any atom is 0.337 e. The number of hydrogen-bond donors (Lipinski definition) is 2. The van der Waals surface area contributed by atoms with Crippen LogP contribution >= 0.6 is 22.6 Å². The van der Waals surface area contributed by atoms with Crippen molar-refractivity contribution in [2.75, 3.05) is 5.32 Å². The van der Waals surface area contributed by atoms with Gasteiger partial charge in [0.15, 0.2) is 0 Å². The molecule has 0 aliphatic heterocycles. The molecule has 1 amide bonds. The standard InChI is InChI=1S/C16H20INO3/c17-12-7-8-14(13(10-12)16(20)21)18-15(19)9-11-5-3-1-2-4-6-11/h7-8,10-11H,1-6,9H2,(H,18,19)(H,20,21). The van der Waals surface area contributed by atoms with Crippen molar-refractivity contribution < 1.29 is 14.7 Å². The van der Waals surface area contributed by atoms with Crippen LogP contribution in [0.15, 0.2) is 18.2 Å². The molecule has 0 spiro atoms. The van der Waals surface area contributed by atoms with Crippen LogP contribution in [0.2, 0.25) is 0 Å². The maximum absolute atomic E-state index is 12.1. The number of carboxylic acids is 1. The zero-order valence-electron chi connectivity index (χ0n) is 11.9. The Labute approximate surface area is 138 Å². The fourth-order valence-electron chi connectivity index (χ4n) is 2.83. The SMILES string of the molecule is O=C(CC1CCCCCC1)Nc1ccc(I)cc1C(=O)O. The molecule has 1 aromatic carbocycles. The summed E-state index contributed by atoms with van der Waals surface area (Å²) in [6, 6.07) is 5.04. The first-order chi connectivity index (χ1) is 10.1. The Morgan fingerprint density at radius 1 is 1.19 bits per heavy atom. The lowest BCUT2D eigenvalue weighted by Crippen LogP contribution is -2.18. The minimum atomic E-state index is -1.02. The van der Waals surface area contributed by atoms with Crippen molar-refractivity contribution in [3.63, 3.8) is 0 Å². The smallest absolute Gasteiger partial charge is 0.337 e. The second-order valence-electron chi connectivity index (χ2n) is 5.60. The van der Waals surface area contributed by atoms with E-state index in [1.165, 1.54) is 25.7 Å². The first kappa shape index (κ1) is 16.3. The zero-order valence-corrected chi connectivity index (χ0v) is 14.1. The van der Waals surface area contributed by atoms with Gasteiger partial charge in [-0.05, 0) is 59.5 Å². The molecule has 4 nitrogen and oxygen atoms in total. The monoisotopic (exact) mass is 401 g/mol. The van der Waals surface area contributed by atoms with Gasteiger partial charge in [-0.2, -0.15) is 0 Å². The highest BCUT2D eigenvalue weighted by atomic mass is 127. The van der Waals surface area contributed by atoms with Gasteiger partial charge >= 0.3 is 5.97 Å².